The van der Waals surface area contributed by atoms with Gasteiger partial charge < -0.3 is 10.0 Å². The third kappa shape index (κ3) is 4.14. The number of rotatable bonds is 5. The molecule has 0 aliphatic heterocycles. The van der Waals surface area contributed by atoms with E-state index in [4.69, 9.17) is 5.11 Å². The summed E-state index contributed by atoms with van der Waals surface area (Å²) in [5, 5.41) is 12.0. The topological polar surface area (TPSA) is 40.5 Å². The Bertz CT molecular complexity index is 376. The largest absolute Gasteiger partial charge is 0.481 e. The zero-order chi connectivity index (χ0) is 12.3. The summed E-state index contributed by atoms with van der Waals surface area (Å²) in [6.45, 7) is 4.67. The van der Waals surface area contributed by atoms with Crippen molar-refractivity contribution in [2.45, 2.75) is 20.3 Å². The van der Waals surface area contributed by atoms with Gasteiger partial charge >= 0.3 is 5.97 Å². The molecular formula is C11H16BrNO2S. The highest BCUT2D eigenvalue weighted by Crippen LogP contribution is 2.30. The van der Waals surface area contributed by atoms with Crippen LogP contribution in [0, 0.1) is 5.41 Å². The molecule has 0 saturated heterocycles. The maximum Gasteiger partial charge on any atom is 0.303 e. The summed E-state index contributed by atoms with van der Waals surface area (Å²) in [4.78, 5) is 12.8. The number of thiophene rings is 1. The van der Waals surface area contributed by atoms with Crippen molar-refractivity contribution >= 4 is 38.2 Å². The van der Waals surface area contributed by atoms with Crippen LogP contribution < -0.4 is 4.90 Å². The van der Waals surface area contributed by atoms with Crippen LogP contribution in [0.4, 0.5) is 5.00 Å². The Balaban J connectivity index is 2.63. The maximum absolute atomic E-state index is 10.7. The van der Waals surface area contributed by atoms with Crippen molar-refractivity contribution in [1.29, 1.82) is 0 Å². The van der Waals surface area contributed by atoms with Gasteiger partial charge in [-0.05, 0) is 27.4 Å². The van der Waals surface area contributed by atoms with Crippen LogP contribution in [0.15, 0.2) is 15.9 Å². The standard InChI is InChI=1S/C11H16BrNO2S/c1-11(2,5-10(14)15)7-13(3)9-4-8(12)6-16-9/h4,6H,5,7H2,1-3H3,(H,14,15). The van der Waals surface area contributed by atoms with E-state index in [9.17, 15) is 4.79 Å². The second-order valence-corrected chi connectivity index (χ2v) is 6.50. The third-order valence-corrected chi connectivity index (χ3v) is 4.03. The normalized spacial score (nSPS) is 11.5. The molecule has 1 aromatic rings. The summed E-state index contributed by atoms with van der Waals surface area (Å²) in [7, 11) is 1.99. The molecule has 0 radical (unpaired) electrons. The lowest BCUT2D eigenvalue weighted by Crippen LogP contribution is -2.32. The highest BCUT2D eigenvalue weighted by molar-refractivity contribution is 9.10. The molecule has 0 amide bonds. The van der Waals surface area contributed by atoms with E-state index in [1.165, 1.54) is 0 Å². The summed E-state index contributed by atoms with van der Waals surface area (Å²) >= 11 is 5.06. The Kier molecular flexibility index (Phi) is 4.38. The molecule has 0 atom stereocenters. The van der Waals surface area contributed by atoms with Crippen molar-refractivity contribution in [1.82, 2.24) is 0 Å². The molecule has 0 spiro atoms. The molecule has 5 heteroatoms. The molecule has 0 bridgehead atoms. The van der Waals surface area contributed by atoms with Crippen LogP contribution in [0.25, 0.3) is 0 Å². The predicted molar refractivity (Wildman–Crippen MR) is 71.3 cm³/mol. The van der Waals surface area contributed by atoms with E-state index in [1.54, 1.807) is 11.3 Å². The molecule has 0 fully saturated rings. The Morgan fingerprint density at radius 3 is 2.69 bits per heavy atom. The highest BCUT2D eigenvalue weighted by Gasteiger charge is 2.24. The number of aliphatic carboxylic acids is 1. The Morgan fingerprint density at radius 2 is 2.25 bits per heavy atom. The average molecular weight is 306 g/mol. The summed E-state index contributed by atoms with van der Waals surface area (Å²) in [5.74, 6) is -0.745. The molecule has 0 saturated carbocycles. The van der Waals surface area contributed by atoms with Gasteiger partial charge in [-0.15, -0.1) is 11.3 Å². The Hall–Kier alpha value is -0.550. The van der Waals surface area contributed by atoms with Gasteiger partial charge in [0, 0.05) is 23.4 Å². The number of nitrogens with zero attached hydrogens (tertiary/aromatic N) is 1. The first kappa shape index (κ1) is 13.5. The molecule has 1 rings (SSSR count). The zero-order valence-corrected chi connectivity index (χ0v) is 12.1. The molecule has 16 heavy (non-hydrogen) atoms. The molecule has 3 nitrogen and oxygen atoms in total. The molecular weight excluding hydrogens is 290 g/mol. The molecule has 0 aromatic carbocycles. The third-order valence-electron chi connectivity index (χ3n) is 2.22. The fourth-order valence-corrected chi connectivity index (χ4v) is 3.08. The molecule has 0 aliphatic rings. The van der Waals surface area contributed by atoms with Gasteiger partial charge in [-0.2, -0.15) is 0 Å². The lowest BCUT2D eigenvalue weighted by atomic mass is 9.89. The van der Waals surface area contributed by atoms with Crippen LogP contribution in [0.2, 0.25) is 0 Å². The van der Waals surface area contributed by atoms with Gasteiger partial charge in [-0.25, -0.2) is 0 Å². The molecule has 1 N–H and O–H groups in total. The molecule has 1 aromatic heterocycles. The smallest absolute Gasteiger partial charge is 0.303 e. The molecule has 0 unspecified atom stereocenters. The number of hydrogen-bond acceptors (Lipinski definition) is 3. The van der Waals surface area contributed by atoms with E-state index in [2.05, 4.69) is 20.8 Å². The predicted octanol–water partition coefficient (Wildman–Crippen LogP) is 3.45. The summed E-state index contributed by atoms with van der Waals surface area (Å²) in [6, 6.07) is 2.04. The van der Waals surface area contributed by atoms with E-state index < -0.39 is 5.97 Å². The van der Waals surface area contributed by atoms with Crippen molar-refractivity contribution in [3.63, 3.8) is 0 Å². The van der Waals surface area contributed by atoms with Gasteiger partial charge in [-0.3, -0.25) is 4.79 Å². The first-order valence-corrected chi connectivity index (χ1v) is 6.64. The Labute approximate surface area is 108 Å². The van der Waals surface area contributed by atoms with Crippen molar-refractivity contribution in [3.05, 3.63) is 15.9 Å². The lowest BCUT2D eigenvalue weighted by molar-refractivity contribution is -0.139. The van der Waals surface area contributed by atoms with Gasteiger partial charge in [0.05, 0.1) is 11.4 Å². The number of hydrogen-bond donors (Lipinski definition) is 1. The van der Waals surface area contributed by atoms with Gasteiger partial charge in [-0.1, -0.05) is 13.8 Å². The maximum atomic E-state index is 10.7. The van der Waals surface area contributed by atoms with Gasteiger partial charge in [0.1, 0.15) is 0 Å². The second-order valence-electron chi connectivity index (χ2n) is 4.69. The zero-order valence-electron chi connectivity index (χ0n) is 9.66. The monoisotopic (exact) mass is 305 g/mol. The minimum atomic E-state index is -0.745. The van der Waals surface area contributed by atoms with Crippen molar-refractivity contribution in [3.8, 4) is 0 Å². The first-order valence-electron chi connectivity index (χ1n) is 4.97. The minimum absolute atomic E-state index is 0.184. The van der Waals surface area contributed by atoms with Crippen molar-refractivity contribution in [2.24, 2.45) is 5.41 Å². The Morgan fingerprint density at radius 1 is 1.62 bits per heavy atom. The summed E-state index contributed by atoms with van der Waals surface area (Å²) in [5.41, 5.74) is -0.225. The van der Waals surface area contributed by atoms with Crippen LogP contribution in [0.5, 0.6) is 0 Å². The van der Waals surface area contributed by atoms with E-state index in [0.29, 0.717) is 0 Å². The van der Waals surface area contributed by atoms with Gasteiger partial charge in [0.25, 0.3) is 0 Å². The van der Waals surface area contributed by atoms with Crippen LogP contribution in [-0.4, -0.2) is 24.7 Å². The van der Waals surface area contributed by atoms with Crippen molar-refractivity contribution < 1.29 is 9.90 Å². The molecule has 0 aliphatic carbocycles. The molecule has 90 valence electrons. The van der Waals surface area contributed by atoms with Gasteiger partial charge in [0.15, 0.2) is 0 Å². The summed E-state index contributed by atoms with van der Waals surface area (Å²) in [6.07, 6.45) is 0.184. The lowest BCUT2D eigenvalue weighted by Gasteiger charge is -2.29. The molecule has 1 heterocycles. The van der Waals surface area contributed by atoms with Crippen LogP contribution in [-0.2, 0) is 4.79 Å². The van der Waals surface area contributed by atoms with Crippen LogP contribution in [0.1, 0.15) is 20.3 Å². The van der Waals surface area contributed by atoms with Crippen LogP contribution >= 0.6 is 27.3 Å². The van der Waals surface area contributed by atoms with Crippen molar-refractivity contribution in [2.75, 3.05) is 18.5 Å². The number of carbonyl (C=O) groups is 1. The van der Waals surface area contributed by atoms with Crippen LogP contribution in [0.3, 0.4) is 0 Å². The quantitative estimate of drug-likeness (QED) is 0.906. The fourth-order valence-electron chi connectivity index (χ4n) is 1.69. The number of carboxylic acids is 1. The van der Waals surface area contributed by atoms with E-state index >= 15 is 0 Å². The number of halogens is 1. The number of anilines is 1. The second kappa shape index (κ2) is 5.19. The number of carboxylic acid groups (broad SMARTS) is 1. The SMILES string of the molecule is CN(CC(C)(C)CC(=O)O)c1cc(Br)cs1. The van der Waals surface area contributed by atoms with E-state index in [0.717, 1.165) is 16.0 Å². The van der Waals surface area contributed by atoms with E-state index in [-0.39, 0.29) is 11.8 Å². The van der Waals surface area contributed by atoms with Gasteiger partial charge in [0.2, 0.25) is 0 Å². The fraction of sp³-hybridized carbons (Fsp3) is 0.545. The highest BCUT2D eigenvalue weighted by atomic mass is 79.9. The first-order chi connectivity index (χ1) is 7.30. The van der Waals surface area contributed by atoms with E-state index in [1.807, 2.05) is 32.3 Å². The summed E-state index contributed by atoms with van der Waals surface area (Å²) < 4.78 is 1.07. The minimum Gasteiger partial charge on any atom is -0.481 e. The average Bonchev–Trinajstić information content (AvgIpc) is 2.47.